The Balaban J connectivity index is 2.38. The van der Waals surface area contributed by atoms with E-state index < -0.39 is 17.7 Å². The molecule has 1 amide bonds. The van der Waals surface area contributed by atoms with Gasteiger partial charge in [-0.25, -0.2) is 4.79 Å². The van der Waals surface area contributed by atoms with Crippen LogP contribution in [0.25, 0.3) is 0 Å². The van der Waals surface area contributed by atoms with E-state index in [1.807, 2.05) is 0 Å². The van der Waals surface area contributed by atoms with Gasteiger partial charge in [-0.05, 0) is 20.8 Å². The van der Waals surface area contributed by atoms with Crippen molar-refractivity contribution in [1.29, 1.82) is 0 Å². The Kier molecular flexibility index (Phi) is 4.91. The van der Waals surface area contributed by atoms with E-state index in [-0.39, 0.29) is 13.0 Å². The molecule has 0 bridgehead atoms. The zero-order valence-electron chi connectivity index (χ0n) is 11.2. The highest BCUT2D eigenvalue weighted by molar-refractivity contribution is 5.67. The summed E-state index contributed by atoms with van der Waals surface area (Å²) in [4.78, 5) is 21.8. The number of amides is 1. The van der Waals surface area contributed by atoms with Gasteiger partial charge in [-0.3, -0.25) is 4.79 Å². The largest absolute Gasteiger partial charge is 0.481 e. The third kappa shape index (κ3) is 6.44. The molecule has 0 aromatic carbocycles. The number of ether oxygens (including phenoxy) is 1. The summed E-state index contributed by atoms with van der Waals surface area (Å²) >= 11 is 0. The number of nitrogens with one attached hydrogen (secondary N) is 1. The van der Waals surface area contributed by atoms with Gasteiger partial charge in [-0.1, -0.05) is 5.16 Å². The molecule has 2 N–H and O–H groups in total. The molecule has 0 saturated carbocycles. The first-order valence-electron chi connectivity index (χ1n) is 5.89. The average Bonchev–Trinajstić information content (AvgIpc) is 2.69. The summed E-state index contributed by atoms with van der Waals surface area (Å²) in [6, 6.07) is 1.61. The lowest BCUT2D eigenvalue weighted by Crippen LogP contribution is -2.32. The third-order valence-electron chi connectivity index (χ3n) is 2.01. The number of alkyl carbamates (subject to hydrolysis) is 1. The topological polar surface area (TPSA) is 102 Å². The summed E-state index contributed by atoms with van der Waals surface area (Å²) < 4.78 is 10.0. The molecule has 1 heterocycles. The van der Waals surface area contributed by atoms with Gasteiger partial charge in [0.1, 0.15) is 5.60 Å². The molecule has 0 aliphatic carbocycles. The quantitative estimate of drug-likeness (QED) is 0.844. The first kappa shape index (κ1) is 15.0. The summed E-state index contributed by atoms with van der Waals surface area (Å²) in [5, 5.41) is 14.8. The van der Waals surface area contributed by atoms with Gasteiger partial charge in [-0.2, -0.15) is 0 Å². The van der Waals surface area contributed by atoms with E-state index in [0.29, 0.717) is 17.9 Å². The molecule has 19 heavy (non-hydrogen) atoms. The van der Waals surface area contributed by atoms with E-state index in [4.69, 9.17) is 14.4 Å². The third-order valence-corrected chi connectivity index (χ3v) is 2.01. The number of carboxylic acids is 1. The molecule has 0 aliphatic rings. The first-order chi connectivity index (χ1) is 8.76. The summed E-state index contributed by atoms with van der Waals surface area (Å²) in [5.41, 5.74) is -0.0126. The summed E-state index contributed by atoms with van der Waals surface area (Å²) in [6.45, 7) is 5.45. The molecule has 1 aromatic rings. The Labute approximate surface area is 110 Å². The van der Waals surface area contributed by atoms with Crippen LogP contribution >= 0.6 is 0 Å². The summed E-state index contributed by atoms with van der Waals surface area (Å²) in [7, 11) is 0. The second kappa shape index (κ2) is 6.21. The number of nitrogens with zero attached hydrogens (tertiary/aromatic N) is 1. The van der Waals surface area contributed by atoms with E-state index in [0.717, 1.165) is 0 Å². The second-order valence-corrected chi connectivity index (χ2v) is 5.03. The fourth-order valence-corrected chi connectivity index (χ4v) is 1.27. The minimum Gasteiger partial charge on any atom is -0.481 e. The van der Waals surface area contributed by atoms with Crippen molar-refractivity contribution < 1.29 is 24.0 Å². The van der Waals surface area contributed by atoms with Crippen molar-refractivity contribution >= 4 is 12.1 Å². The van der Waals surface area contributed by atoms with Crippen molar-refractivity contribution in [1.82, 2.24) is 10.5 Å². The number of rotatable bonds is 5. The average molecular weight is 270 g/mol. The Hall–Kier alpha value is -2.05. The Morgan fingerprint density at radius 3 is 2.74 bits per heavy atom. The number of hydrogen-bond acceptors (Lipinski definition) is 5. The van der Waals surface area contributed by atoms with Gasteiger partial charge in [0.2, 0.25) is 0 Å². The summed E-state index contributed by atoms with van der Waals surface area (Å²) in [6.07, 6.45) is -0.257. The highest BCUT2D eigenvalue weighted by atomic mass is 16.6. The molecule has 7 heteroatoms. The highest BCUT2D eigenvalue weighted by Crippen LogP contribution is 2.08. The second-order valence-electron chi connectivity index (χ2n) is 5.03. The molecule has 7 nitrogen and oxygen atoms in total. The van der Waals surface area contributed by atoms with Crippen LogP contribution in [0.4, 0.5) is 4.79 Å². The van der Waals surface area contributed by atoms with Crippen molar-refractivity contribution in [2.24, 2.45) is 0 Å². The van der Waals surface area contributed by atoms with Gasteiger partial charge in [0.25, 0.3) is 0 Å². The van der Waals surface area contributed by atoms with Crippen molar-refractivity contribution in [3.8, 4) is 0 Å². The number of aromatic nitrogens is 1. The van der Waals surface area contributed by atoms with Crippen LogP contribution in [0.3, 0.4) is 0 Å². The van der Waals surface area contributed by atoms with Crippen molar-refractivity contribution in [3.63, 3.8) is 0 Å². The van der Waals surface area contributed by atoms with E-state index in [2.05, 4.69) is 10.5 Å². The maximum atomic E-state index is 11.4. The van der Waals surface area contributed by atoms with Crippen LogP contribution in [0.1, 0.15) is 38.6 Å². The lowest BCUT2D eigenvalue weighted by molar-refractivity contribution is -0.136. The number of carboxylic acid groups (broad SMARTS) is 1. The van der Waals surface area contributed by atoms with E-state index >= 15 is 0 Å². The minimum atomic E-state index is -0.892. The fourth-order valence-electron chi connectivity index (χ4n) is 1.27. The van der Waals surface area contributed by atoms with Crippen molar-refractivity contribution in [3.05, 3.63) is 17.5 Å². The maximum absolute atomic E-state index is 11.4. The highest BCUT2D eigenvalue weighted by Gasteiger charge is 2.16. The van der Waals surface area contributed by atoms with Crippen LogP contribution in [0.2, 0.25) is 0 Å². The van der Waals surface area contributed by atoms with Crippen LogP contribution < -0.4 is 5.32 Å². The van der Waals surface area contributed by atoms with Gasteiger partial charge < -0.3 is 19.7 Å². The predicted molar refractivity (Wildman–Crippen MR) is 65.5 cm³/mol. The van der Waals surface area contributed by atoms with Crippen molar-refractivity contribution in [2.75, 3.05) is 0 Å². The monoisotopic (exact) mass is 270 g/mol. The molecule has 0 aliphatic heterocycles. The van der Waals surface area contributed by atoms with E-state index in [9.17, 15) is 9.59 Å². The van der Waals surface area contributed by atoms with E-state index in [1.165, 1.54) is 0 Å². The molecule has 1 aromatic heterocycles. The van der Waals surface area contributed by atoms with Crippen LogP contribution in [0.5, 0.6) is 0 Å². The van der Waals surface area contributed by atoms with Gasteiger partial charge in [0.05, 0.1) is 18.7 Å². The Morgan fingerprint density at radius 2 is 2.16 bits per heavy atom. The standard InChI is InChI=1S/C12H18N2O5/c1-12(2,3)18-11(17)13-7-9-6-8(14-19-9)4-5-10(15)16/h6H,4-5,7H2,1-3H3,(H,13,17)(H,15,16). The van der Waals surface area contributed by atoms with Crippen LogP contribution in [-0.4, -0.2) is 27.9 Å². The SMILES string of the molecule is CC(C)(C)OC(=O)NCc1cc(CCC(=O)O)no1. The van der Waals surface area contributed by atoms with Gasteiger partial charge in [0, 0.05) is 12.5 Å². The van der Waals surface area contributed by atoms with Gasteiger partial charge >= 0.3 is 12.1 Å². The minimum absolute atomic E-state index is 0.00846. The lowest BCUT2D eigenvalue weighted by Gasteiger charge is -2.19. The van der Waals surface area contributed by atoms with Crippen LogP contribution in [-0.2, 0) is 22.5 Å². The molecule has 0 spiro atoms. The number of carbonyl (C=O) groups is 2. The van der Waals surface area contributed by atoms with Gasteiger partial charge in [0.15, 0.2) is 5.76 Å². The van der Waals surface area contributed by atoms with Crippen LogP contribution in [0.15, 0.2) is 10.6 Å². The first-order valence-corrected chi connectivity index (χ1v) is 5.89. The van der Waals surface area contributed by atoms with E-state index in [1.54, 1.807) is 26.8 Å². The molecule has 0 atom stereocenters. The Morgan fingerprint density at radius 1 is 1.47 bits per heavy atom. The molecule has 0 radical (unpaired) electrons. The molecule has 0 saturated heterocycles. The Bertz CT molecular complexity index is 447. The fraction of sp³-hybridized carbons (Fsp3) is 0.583. The van der Waals surface area contributed by atoms with Gasteiger partial charge in [-0.15, -0.1) is 0 Å². The molecule has 106 valence electrons. The molecule has 1 rings (SSSR count). The maximum Gasteiger partial charge on any atom is 0.408 e. The molecular formula is C12H18N2O5. The molecular weight excluding hydrogens is 252 g/mol. The molecule has 0 fully saturated rings. The zero-order valence-corrected chi connectivity index (χ0v) is 11.2. The van der Waals surface area contributed by atoms with Crippen molar-refractivity contribution in [2.45, 2.75) is 45.8 Å². The number of aliphatic carboxylic acids is 1. The zero-order chi connectivity index (χ0) is 14.5. The number of hydrogen-bond donors (Lipinski definition) is 2. The smallest absolute Gasteiger partial charge is 0.408 e. The number of carbonyl (C=O) groups excluding carboxylic acids is 1. The lowest BCUT2D eigenvalue weighted by atomic mass is 10.2. The molecule has 0 unspecified atom stereocenters. The summed E-state index contributed by atoms with van der Waals surface area (Å²) in [5.74, 6) is -0.442. The number of aryl methyl sites for hydroxylation is 1. The van der Waals surface area contributed by atoms with Crippen LogP contribution in [0, 0.1) is 0 Å². The normalized spacial score (nSPS) is 11.1. The predicted octanol–water partition coefficient (Wildman–Crippen LogP) is 1.72.